The lowest BCUT2D eigenvalue weighted by Crippen LogP contribution is -2.50. The molecule has 0 bridgehead atoms. The molecule has 138 valence electrons. The van der Waals surface area contributed by atoms with Gasteiger partial charge in [-0.1, -0.05) is 12.1 Å². The first-order valence-corrected chi connectivity index (χ1v) is 9.18. The fourth-order valence-electron chi connectivity index (χ4n) is 3.48. The molecule has 25 heavy (non-hydrogen) atoms. The second kappa shape index (κ2) is 8.74. The van der Waals surface area contributed by atoms with Crippen LogP contribution in [0, 0.1) is 12.7 Å². The van der Waals surface area contributed by atoms with E-state index in [1.807, 2.05) is 0 Å². The Morgan fingerprint density at radius 1 is 1.28 bits per heavy atom. The van der Waals surface area contributed by atoms with Gasteiger partial charge in [0.15, 0.2) is 0 Å². The van der Waals surface area contributed by atoms with Gasteiger partial charge in [-0.15, -0.1) is 0 Å². The maximum Gasteiger partial charge on any atom is 0.234 e. The van der Waals surface area contributed by atoms with Gasteiger partial charge in [-0.25, -0.2) is 4.39 Å². The highest BCUT2D eigenvalue weighted by Crippen LogP contribution is 2.14. The average molecular weight is 349 g/mol. The summed E-state index contributed by atoms with van der Waals surface area (Å²) in [6.07, 6.45) is 2.75. The molecule has 1 aromatic carbocycles. The van der Waals surface area contributed by atoms with Crippen LogP contribution in [0.2, 0.25) is 0 Å². The molecule has 1 unspecified atom stereocenters. The van der Waals surface area contributed by atoms with Gasteiger partial charge in [0.2, 0.25) is 5.91 Å². The van der Waals surface area contributed by atoms with E-state index in [4.69, 9.17) is 4.74 Å². The zero-order chi connectivity index (χ0) is 17.6. The van der Waals surface area contributed by atoms with Gasteiger partial charge in [-0.3, -0.25) is 14.6 Å². The van der Waals surface area contributed by atoms with Gasteiger partial charge in [-0.05, 0) is 37.0 Å². The molecule has 0 radical (unpaired) electrons. The fourth-order valence-corrected chi connectivity index (χ4v) is 3.48. The lowest BCUT2D eigenvalue weighted by molar-refractivity contribution is -0.122. The van der Waals surface area contributed by atoms with E-state index in [0.717, 1.165) is 44.9 Å². The van der Waals surface area contributed by atoms with Crippen molar-refractivity contribution in [3.8, 4) is 0 Å². The van der Waals surface area contributed by atoms with Crippen molar-refractivity contribution in [3.05, 3.63) is 35.1 Å². The van der Waals surface area contributed by atoms with Gasteiger partial charge in [0.05, 0.1) is 12.6 Å². The third-order valence-electron chi connectivity index (χ3n) is 5.03. The lowest BCUT2D eigenvalue weighted by Gasteiger charge is -2.35. The molecular weight excluding hydrogens is 321 g/mol. The summed E-state index contributed by atoms with van der Waals surface area (Å²) in [6.45, 7) is 8.33. The van der Waals surface area contributed by atoms with Crippen molar-refractivity contribution in [2.45, 2.75) is 32.4 Å². The number of aryl methyl sites for hydroxylation is 1. The van der Waals surface area contributed by atoms with Crippen molar-refractivity contribution in [2.75, 3.05) is 45.9 Å². The molecule has 6 heteroatoms. The molecule has 2 heterocycles. The molecule has 2 aliphatic heterocycles. The van der Waals surface area contributed by atoms with Crippen molar-refractivity contribution in [1.82, 2.24) is 15.1 Å². The Hall–Kier alpha value is -1.50. The quantitative estimate of drug-likeness (QED) is 0.846. The second-order valence-corrected chi connectivity index (χ2v) is 7.07. The van der Waals surface area contributed by atoms with Crippen LogP contribution in [-0.2, 0) is 16.1 Å². The van der Waals surface area contributed by atoms with Crippen LogP contribution < -0.4 is 5.32 Å². The zero-order valence-electron chi connectivity index (χ0n) is 15.0. The Morgan fingerprint density at radius 3 is 2.72 bits per heavy atom. The Morgan fingerprint density at radius 2 is 2.04 bits per heavy atom. The molecule has 0 spiro atoms. The topological polar surface area (TPSA) is 44.8 Å². The number of nitrogens with one attached hydrogen (secondary N) is 1. The third-order valence-corrected chi connectivity index (χ3v) is 5.03. The van der Waals surface area contributed by atoms with Crippen molar-refractivity contribution in [1.29, 1.82) is 0 Å². The first-order chi connectivity index (χ1) is 12.1. The number of halogens is 1. The number of hydrogen-bond acceptors (Lipinski definition) is 4. The summed E-state index contributed by atoms with van der Waals surface area (Å²) in [5.74, 6) is -0.189. The number of amides is 1. The Balaban J connectivity index is 1.35. The van der Waals surface area contributed by atoms with Crippen LogP contribution in [0.1, 0.15) is 24.0 Å². The van der Waals surface area contributed by atoms with E-state index in [9.17, 15) is 9.18 Å². The zero-order valence-corrected chi connectivity index (χ0v) is 15.0. The van der Waals surface area contributed by atoms with Crippen LogP contribution in [-0.4, -0.2) is 67.7 Å². The van der Waals surface area contributed by atoms with Crippen molar-refractivity contribution < 1.29 is 13.9 Å². The van der Waals surface area contributed by atoms with Crippen molar-refractivity contribution in [2.24, 2.45) is 0 Å². The standard InChI is InChI=1S/C19H28FN3O2/c1-15-11-16(4-5-18(15)20)12-21-19(24)14-23-8-6-22(7-9-23)13-17-3-2-10-25-17/h4-5,11,17H,2-3,6-10,12-14H2,1H3,(H,21,24). The molecule has 0 saturated carbocycles. The van der Waals surface area contributed by atoms with E-state index >= 15 is 0 Å². The van der Waals surface area contributed by atoms with Gasteiger partial charge in [0, 0.05) is 45.9 Å². The molecule has 5 nitrogen and oxygen atoms in total. The summed E-state index contributed by atoms with van der Waals surface area (Å²) in [6, 6.07) is 4.94. The van der Waals surface area contributed by atoms with E-state index in [0.29, 0.717) is 24.8 Å². The summed E-state index contributed by atoms with van der Waals surface area (Å²) in [4.78, 5) is 16.8. The Bertz CT molecular complexity index is 582. The molecule has 3 rings (SSSR count). The number of piperazine rings is 1. The molecule has 1 N–H and O–H groups in total. The Labute approximate surface area is 149 Å². The summed E-state index contributed by atoms with van der Waals surface area (Å²) in [5, 5.41) is 2.93. The minimum Gasteiger partial charge on any atom is -0.377 e. The molecule has 1 atom stereocenters. The van der Waals surface area contributed by atoms with E-state index in [1.54, 1.807) is 19.1 Å². The van der Waals surface area contributed by atoms with E-state index in [2.05, 4.69) is 15.1 Å². The first kappa shape index (κ1) is 18.3. The second-order valence-electron chi connectivity index (χ2n) is 7.07. The third kappa shape index (κ3) is 5.49. The summed E-state index contributed by atoms with van der Waals surface area (Å²) in [5.41, 5.74) is 1.53. The summed E-state index contributed by atoms with van der Waals surface area (Å²) >= 11 is 0. The predicted octanol–water partition coefficient (Wildman–Crippen LogP) is 1.55. The highest BCUT2D eigenvalue weighted by Gasteiger charge is 2.23. The van der Waals surface area contributed by atoms with E-state index in [-0.39, 0.29) is 11.7 Å². The summed E-state index contributed by atoms with van der Waals surface area (Å²) < 4.78 is 19.0. The number of carbonyl (C=O) groups excluding carboxylic acids is 1. The monoisotopic (exact) mass is 349 g/mol. The molecule has 0 aliphatic carbocycles. The number of carbonyl (C=O) groups is 1. The van der Waals surface area contributed by atoms with E-state index in [1.165, 1.54) is 18.9 Å². The smallest absolute Gasteiger partial charge is 0.234 e. The number of nitrogens with zero attached hydrogens (tertiary/aromatic N) is 2. The first-order valence-electron chi connectivity index (χ1n) is 9.18. The minimum absolute atomic E-state index is 0.0227. The Kier molecular flexibility index (Phi) is 6.39. The highest BCUT2D eigenvalue weighted by atomic mass is 19.1. The summed E-state index contributed by atoms with van der Waals surface area (Å²) in [7, 11) is 0. The van der Waals surface area contributed by atoms with Crippen LogP contribution in [0.5, 0.6) is 0 Å². The molecule has 1 aromatic rings. The number of rotatable bonds is 6. The molecule has 2 saturated heterocycles. The van der Waals surface area contributed by atoms with Crippen molar-refractivity contribution in [3.63, 3.8) is 0 Å². The van der Waals surface area contributed by atoms with Crippen LogP contribution in [0.4, 0.5) is 4.39 Å². The maximum atomic E-state index is 13.3. The number of benzene rings is 1. The molecule has 2 aliphatic rings. The largest absolute Gasteiger partial charge is 0.377 e. The maximum absolute atomic E-state index is 13.3. The molecule has 1 amide bonds. The molecule has 2 fully saturated rings. The van der Waals surface area contributed by atoms with Crippen LogP contribution in [0.15, 0.2) is 18.2 Å². The lowest BCUT2D eigenvalue weighted by atomic mass is 10.1. The SMILES string of the molecule is Cc1cc(CNC(=O)CN2CCN(CC3CCCO3)CC2)ccc1F. The van der Waals surface area contributed by atoms with Crippen molar-refractivity contribution >= 4 is 5.91 Å². The highest BCUT2D eigenvalue weighted by molar-refractivity contribution is 5.78. The number of ether oxygens (including phenoxy) is 1. The number of hydrogen-bond donors (Lipinski definition) is 1. The van der Waals surface area contributed by atoms with Crippen LogP contribution in [0.25, 0.3) is 0 Å². The van der Waals surface area contributed by atoms with Gasteiger partial charge in [0.25, 0.3) is 0 Å². The molecule has 0 aromatic heterocycles. The normalized spacial score (nSPS) is 22.2. The fraction of sp³-hybridized carbons (Fsp3) is 0.632. The predicted molar refractivity (Wildman–Crippen MR) is 94.8 cm³/mol. The average Bonchev–Trinajstić information content (AvgIpc) is 3.11. The minimum atomic E-state index is -0.212. The van der Waals surface area contributed by atoms with Crippen LogP contribution in [0.3, 0.4) is 0 Å². The molecular formula is C19H28FN3O2. The van der Waals surface area contributed by atoms with Gasteiger partial charge < -0.3 is 10.1 Å². The van der Waals surface area contributed by atoms with Gasteiger partial charge >= 0.3 is 0 Å². The van der Waals surface area contributed by atoms with Gasteiger partial charge in [0.1, 0.15) is 5.82 Å². The van der Waals surface area contributed by atoms with Crippen LogP contribution >= 0.6 is 0 Å². The van der Waals surface area contributed by atoms with E-state index < -0.39 is 0 Å². The van der Waals surface area contributed by atoms with Gasteiger partial charge in [-0.2, -0.15) is 0 Å².